The number of unbranched alkanes of at least 4 members (excludes halogenated alkanes) is 1. The fourth-order valence-corrected chi connectivity index (χ4v) is 8.12. The molecule has 436 valence electrons. The topological polar surface area (TPSA) is 449 Å². The van der Waals surface area contributed by atoms with E-state index in [1.807, 2.05) is 0 Å². The van der Waals surface area contributed by atoms with Crippen molar-refractivity contribution < 1.29 is 78.0 Å². The van der Waals surface area contributed by atoms with Gasteiger partial charge in [0.1, 0.15) is 42.3 Å². The van der Waals surface area contributed by atoms with Crippen molar-refractivity contribution in [1.82, 2.24) is 52.8 Å². The first-order chi connectivity index (χ1) is 36.6. The molecule has 28 nitrogen and oxygen atoms in total. The average Bonchev–Trinajstić information content (AvgIpc) is 3.86. The number of aliphatic hydroxyl groups excluding tert-OH is 2. The van der Waals surface area contributed by atoms with Crippen LogP contribution in [0.5, 0.6) is 0 Å². The predicted molar refractivity (Wildman–Crippen MR) is 279 cm³/mol. The van der Waals surface area contributed by atoms with Crippen LogP contribution in [-0.4, -0.2) is 190 Å². The summed E-state index contributed by atoms with van der Waals surface area (Å²) in [6.07, 6.45) is -2.14. The number of nitrogens with one attached hydrogen (secondary N) is 9. The largest absolute Gasteiger partial charge is 0.481 e. The number of amides is 10. The van der Waals surface area contributed by atoms with E-state index in [-0.39, 0.29) is 50.5 Å². The molecule has 0 spiro atoms. The van der Waals surface area contributed by atoms with Gasteiger partial charge in [-0.15, -0.1) is 0 Å². The zero-order valence-electron chi connectivity index (χ0n) is 45.0. The van der Waals surface area contributed by atoms with Crippen LogP contribution in [-0.2, 0) is 64.0 Å². The maximum absolute atomic E-state index is 14.0. The second kappa shape index (κ2) is 33.8. The van der Waals surface area contributed by atoms with E-state index in [0.29, 0.717) is 31.4 Å². The molecule has 10 unspecified atom stereocenters. The number of rotatable bonds is 34. The average molecular weight is 1110 g/mol. The third-order valence-corrected chi connectivity index (χ3v) is 12.2. The lowest BCUT2D eigenvalue weighted by atomic mass is 10.00. The number of carboxylic acids is 2. The Balaban J connectivity index is 2.12. The van der Waals surface area contributed by atoms with Gasteiger partial charge < -0.3 is 84.6 Å². The molecule has 10 amide bonds. The van der Waals surface area contributed by atoms with Gasteiger partial charge in [-0.25, -0.2) is 4.79 Å². The van der Waals surface area contributed by atoms with E-state index in [4.69, 9.17) is 16.6 Å². The van der Waals surface area contributed by atoms with Gasteiger partial charge in [0.05, 0.1) is 44.3 Å². The fourth-order valence-electron chi connectivity index (χ4n) is 8.12. The molecule has 17 N–H and O–H groups in total. The van der Waals surface area contributed by atoms with Crippen molar-refractivity contribution in [1.29, 1.82) is 0 Å². The Hall–Kier alpha value is -7.30. The Morgan fingerprint density at radius 1 is 0.603 bits per heavy atom. The minimum absolute atomic E-state index is 0.0388. The highest BCUT2D eigenvalue weighted by Gasteiger charge is 2.41. The van der Waals surface area contributed by atoms with Gasteiger partial charge in [-0.2, -0.15) is 0 Å². The highest BCUT2D eigenvalue weighted by Crippen LogP contribution is 2.22. The van der Waals surface area contributed by atoms with Crippen molar-refractivity contribution in [3.05, 3.63) is 35.9 Å². The number of nitrogens with zero attached hydrogens (tertiary/aromatic N) is 1. The second-order valence-corrected chi connectivity index (χ2v) is 20.0. The number of hydrogen-bond acceptors (Lipinski definition) is 16. The summed E-state index contributed by atoms with van der Waals surface area (Å²) in [6.45, 7) is 7.85. The van der Waals surface area contributed by atoms with Crippen LogP contribution in [0.3, 0.4) is 0 Å². The first-order valence-electron chi connectivity index (χ1n) is 25.9. The molecule has 0 saturated carbocycles. The van der Waals surface area contributed by atoms with Crippen LogP contribution in [0.15, 0.2) is 30.3 Å². The lowest BCUT2D eigenvalue weighted by molar-refractivity contribution is -0.143. The smallest absolute Gasteiger partial charge is 0.326 e. The molecule has 1 saturated heterocycles. The SMILES string of the molecule is CC(C)CC(NC(=O)C1CCCN1C(=O)C(CC(C)C)NC(=O)C(N)CC(=O)O)C(=O)NC(C(=O)NC(Cc1ccccc1)C(=O)NCC(=O)NCC(=O)NCC(=O)NC(C(=O)NC(CCCCN)C(=O)O)C(C)O)C(C)O. The number of aliphatic hydroxyl groups is 2. The molecule has 1 aromatic carbocycles. The van der Waals surface area contributed by atoms with E-state index in [1.54, 1.807) is 58.0 Å². The summed E-state index contributed by atoms with van der Waals surface area (Å²) in [4.78, 5) is 157. The lowest BCUT2D eigenvalue weighted by Crippen LogP contribution is -2.61. The van der Waals surface area contributed by atoms with Crippen molar-refractivity contribution in [2.24, 2.45) is 23.3 Å². The number of carboxylic acid groups (broad SMARTS) is 2. The van der Waals surface area contributed by atoms with Crippen LogP contribution < -0.4 is 59.3 Å². The summed E-state index contributed by atoms with van der Waals surface area (Å²) >= 11 is 0. The van der Waals surface area contributed by atoms with Crippen LogP contribution in [0.4, 0.5) is 0 Å². The minimum atomic E-state index is -1.70. The highest BCUT2D eigenvalue weighted by atomic mass is 16.4. The van der Waals surface area contributed by atoms with Crippen LogP contribution in [0.2, 0.25) is 0 Å². The van der Waals surface area contributed by atoms with E-state index < -0.39 is 158 Å². The fraction of sp³-hybridized carbons (Fsp3) is 0.640. The monoisotopic (exact) mass is 1100 g/mol. The van der Waals surface area contributed by atoms with Crippen LogP contribution in [0.25, 0.3) is 0 Å². The molecule has 0 aliphatic carbocycles. The van der Waals surface area contributed by atoms with Crippen molar-refractivity contribution >= 4 is 71.0 Å². The van der Waals surface area contributed by atoms with E-state index in [9.17, 15) is 72.9 Å². The number of benzene rings is 1. The Bertz CT molecular complexity index is 2230. The summed E-state index contributed by atoms with van der Waals surface area (Å²) in [5.41, 5.74) is 11.7. The summed E-state index contributed by atoms with van der Waals surface area (Å²) in [5, 5.41) is 61.0. The molecular weight excluding hydrogens is 1020 g/mol. The second-order valence-electron chi connectivity index (χ2n) is 20.0. The number of carbonyl (C=O) groups is 12. The molecule has 78 heavy (non-hydrogen) atoms. The van der Waals surface area contributed by atoms with Crippen molar-refractivity contribution in [3.8, 4) is 0 Å². The highest BCUT2D eigenvalue weighted by molar-refractivity contribution is 5.98. The van der Waals surface area contributed by atoms with Crippen LogP contribution in [0, 0.1) is 11.8 Å². The molecule has 0 aromatic heterocycles. The van der Waals surface area contributed by atoms with E-state index in [1.165, 1.54) is 18.7 Å². The van der Waals surface area contributed by atoms with Gasteiger partial charge in [-0.1, -0.05) is 58.0 Å². The zero-order chi connectivity index (χ0) is 58.8. The van der Waals surface area contributed by atoms with Gasteiger partial charge in [-0.05, 0) is 82.7 Å². The molecule has 10 atom stereocenters. The predicted octanol–water partition coefficient (Wildman–Crippen LogP) is -4.65. The Labute approximate surface area is 452 Å². The van der Waals surface area contributed by atoms with Gasteiger partial charge >= 0.3 is 11.9 Å². The maximum Gasteiger partial charge on any atom is 0.326 e. The first-order valence-corrected chi connectivity index (χ1v) is 25.9. The first kappa shape index (κ1) is 66.8. The van der Waals surface area contributed by atoms with Gasteiger partial charge in [0.25, 0.3) is 0 Å². The molecule has 1 fully saturated rings. The van der Waals surface area contributed by atoms with Gasteiger partial charge in [0.2, 0.25) is 59.1 Å². The van der Waals surface area contributed by atoms with Gasteiger partial charge in [0, 0.05) is 13.0 Å². The quantitative estimate of drug-likeness (QED) is 0.0289. The number of likely N-dealkylation sites (tertiary alicyclic amines) is 1. The maximum atomic E-state index is 14.0. The third-order valence-electron chi connectivity index (χ3n) is 12.2. The lowest BCUT2D eigenvalue weighted by Gasteiger charge is -2.31. The third kappa shape index (κ3) is 23.9. The minimum Gasteiger partial charge on any atom is -0.481 e. The van der Waals surface area contributed by atoms with Crippen molar-refractivity contribution in [2.45, 2.75) is 160 Å². The van der Waals surface area contributed by atoms with E-state index >= 15 is 0 Å². The van der Waals surface area contributed by atoms with Gasteiger partial charge in [-0.3, -0.25) is 52.7 Å². The summed E-state index contributed by atoms with van der Waals surface area (Å²) in [5.74, 6) is -11.6. The number of hydrogen-bond donors (Lipinski definition) is 15. The molecule has 1 heterocycles. The summed E-state index contributed by atoms with van der Waals surface area (Å²) in [7, 11) is 0. The molecule has 1 aliphatic rings. The number of nitrogens with two attached hydrogens (primary N) is 2. The zero-order valence-corrected chi connectivity index (χ0v) is 45.0. The molecule has 1 aliphatic heterocycles. The van der Waals surface area contributed by atoms with Crippen molar-refractivity contribution in [2.75, 3.05) is 32.7 Å². The normalized spacial score (nSPS) is 16.6. The molecule has 2 rings (SSSR count). The molecule has 1 aromatic rings. The standard InChI is InChI=1S/C50H80N12O16/c1-26(2)19-33(57-46(73)36-16-12-18-62(36)49(76)35(20-27(3)4)59-43(70)31(52)22-40(68)69)45(72)61-42(29(6)64)48(75)58-34(21-30-13-8-7-9-14-30)44(71)55-24-38(66)53-23-37(65)54-25-39(67)60-41(28(5)63)47(74)56-32(50(77)78)15-10-11-17-51/h7-9,13-14,26-29,31-36,41-42,63-64H,10-12,15-25,51-52H2,1-6H3,(H,53,66)(H,54,65)(H,55,71)(H,56,74)(H,57,73)(H,58,75)(H,59,70)(H,60,67)(H,61,72)(H,68,69)(H,77,78). The van der Waals surface area contributed by atoms with E-state index in [0.717, 1.165) is 0 Å². The Kier molecular flexibility index (Phi) is 28.9. The molecular formula is C50H80N12O16. The van der Waals surface area contributed by atoms with Crippen molar-refractivity contribution in [3.63, 3.8) is 0 Å². The molecule has 0 bridgehead atoms. The number of carbonyl (C=O) groups excluding carboxylic acids is 10. The van der Waals surface area contributed by atoms with Crippen LogP contribution in [0.1, 0.15) is 98.5 Å². The Morgan fingerprint density at radius 3 is 1.67 bits per heavy atom. The van der Waals surface area contributed by atoms with E-state index in [2.05, 4.69) is 47.9 Å². The molecule has 28 heteroatoms. The summed E-state index contributed by atoms with van der Waals surface area (Å²) in [6, 6.07) is -2.62. The molecule has 0 radical (unpaired) electrons. The van der Waals surface area contributed by atoms with Crippen LogP contribution >= 0.6 is 0 Å². The van der Waals surface area contributed by atoms with Gasteiger partial charge in [0.15, 0.2) is 0 Å². The Morgan fingerprint density at radius 2 is 1.13 bits per heavy atom. The number of aliphatic carboxylic acids is 2. The summed E-state index contributed by atoms with van der Waals surface area (Å²) < 4.78 is 0.